The number of aliphatic carboxylic acids is 1. The first-order valence-corrected chi connectivity index (χ1v) is 9.93. The number of nitrogens with two attached hydrogens (primary N) is 1. The Morgan fingerprint density at radius 1 is 1.21 bits per heavy atom. The molecule has 33 heavy (non-hydrogen) atoms. The van der Waals surface area contributed by atoms with E-state index in [2.05, 4.69) is 15.5 Å². The van der Waals surface area contributed by atoms with Crippen LogP contribution in [0, 0.1) is 0 Å². The van der Waals surface area contributed by atoms with Crippen molar-refractivity contribution < 1.29 is 31.9 Å². The monoisotopic (exact) mass is 495 g/mol. The highest BCUT2D eigenvalue weighted by Crippen LogP contribution is 2.28. The average Bonchev–Trinajstić information content (AvgIpc) is 3.47. The molecule has 3 N–H and O–H groups in total. The first-order chi connectivity index (χ1) is 15.5. The molecular weight excluding hydrogens is 477 g/mol. The van der Waals surface area contributed by atoms with Crippen LogP contribution in [0.25, 0.3) is 10.4 Å². The summed E-state index contributed by atoms with van der Waals surface area (Å²) >= 11 is 1.51. The number of tetrazole rings is 1. The van der Waals surface area contributed by atoms with Gasteiger partial charge >= 0.3 is 17.8 Å². The fraction of sp³-hybridized carbons (Fsp3) is 0.353. The minimum absolute atomic E-state index is 0.213. The average molecular weight is 495 g/mol. The van der Waals surface area contributed by atoms with Crippen molar-refractivity contribution in [1.82, 2.24) is 29.6 Å². The van der Waals surface area contributed by atoms with E-state index in [4.69, 9.17) is 15.6 Å². The summed E-state index contributed by atoms with van der Waals surface area (Å²) in [4.78, 5) is 23.1. The van der Waals surface area contributed by atoms with Crippen molar-refractivity contribution in [3.63, 3.8) is 0 Å². The van der Waals surface area contributed by atoms with Crippen molar-refractivity contribution in [3.8, 4) is 10.4 Å². The molecule has 0 saturated heterocycles. The molecule has 0 radical (unpaired) electrons. The molecule has 0 aromatic carbocycles. The van der Waals surface area contributed by atoms with E-state index in [0.29, 0.717) is 0 Å². The Balaban J connectivity index is 0.000000479. The SMILES string of the molecule is CCn1cc(-c2ccc(Cn3nnn(CC(CN)=C(F)F)c3=O)s2)cn1.O=C(O)C(F)(F)F. The maximum Gasteiger partial charge on any atom is 0.490 e. The Morgan fingerprint density at radius 3 is 2.36 bits per heavy atom. The summed E-state index contributed by atoms with van der Waals surface area (Å²) in [6, 6.07) is 3.83. The molecule has 180 valence electrons. The Morgan fingerprint density at radius 2 is 1.85 bits per heavy atom. The smallest absolute Gasteiger partial charge is 0.475 e. The number of aryl methyl sites for hydroxylation is 1. The normalized spacial score (nSPS) is 11.1. The van der Waals surface area contributed by atoms with Crippen molar-refractivity contribution in [1.29, 1.82) is 0 Å². The molecule has 0 amide bonds. The van der Waals surface area contributed by atoms with Crippen molar-refractivity contribution >= 4 is 17.3 Å². The quantitative estimate of drug-likeness (QED) is 0.480. The summed E-state index contributed by atoms with van der Waals surface area (Å²) in [6.07, 6.45) is -3.25. The lowest BCUT2D eigenvalue weighted by Gasteiger charge is -2.00. The van der Waals surface area contributed by atoms with Crippen molar-refractivity contribution in [2.24, 2.45) is 5.73 Å². The van der Waals surface area contributed by atoms with Gasteiger partial charge in [0.15, 0.2) is 0 Å². The molecule has 10 nitrogen and oxygen atoms in total. The number of hydrogen-bond acceptors (Lipinski definition) is 7. The van der Waals surface area contributed by atoms with Crippen LogP contribution in [0.15, 0.2) is 41.0 Å². The zero-order valence-corrected chi connectivity index (χ0v) is 17.8. The molecule has 0 aliphatic heterocycles. The molecule has 16 heteroatoms. The maximum absolute atomic E-state index is 12.7. The minimum Gasteiger partial charge on any atom is -0.475 e. The zero-order chi connectivity index (χ0) is 24.8. The molecule has 3 heterocycles. The topological polar surface area (TPSA) is 134 Å². The van der Waals surface area contributed by atoms with E-state index >= 15 is 0 Å². The van der Waals surface area contributed by atoms with Gasteiger partial charge in [0.05, 0.1) is 19.3 Å². The summed E-state index contributed by atoms with van der Waals surface area (Å²) in [7, 11) is 0. The highest BCUT2D eigenvalue weighted by Gasteiger charge is 2.38. The van der Waals surface area contributed by atoms with E-state index < -0.39 is 23.9 Å². The van der Waals surface area contributed by atoms with Gasteiger partial charge in [-0.3, -0.25) is 4.68 Å². The first-order valence-electron chi connectivity index (χ1n) is 9.11. The highest BCUT2D eigenvalue weighted by atomic mass is 32.1. The summed E-state index contributed by atoms with van der Waals surface area (Å²) in [5.74, 6) is -2.76. The zero-order valence-electron chi connectivity index (χ0n) is 17.0. The van der Waals surface area contributed by atoms with Gasteiger partial charge in [0.1, 0.15) is 0 Å². The fourth-order valence-electron chi connectivity index (χ4n) is 2.32. The third-order valence-electron chi connectivity index (χ3n) is 4.00. The van der Waals surface area contributed by atoms with Crippen LogP contribution in [0.3, 0.4) is 0 Å². The van der Waals surface area contributed by atoms with Crippen LogP contribution >= 0.6 is 11.3 Å². The molecule has 0 spiro atoms. The minimum atomic E-state index is -5.08. The van der Waals surface area contributed by atoms with Gasteiger partial charge in [-0.15, -0.1) is 11.3 Å². The van der Waals surface area contributed by atoms with Gasteiger partial charge in [-0.1, -0.05) is 0 Å². The molecule has 0 aliphatic carbocycles. The van der Waals surface area contributed by atoms with Crippen LogP contribution in [0.4, 0.5) is 22.0 Å². The Labute approximate surface area is 186 Å². The van der Waals surface area contributed by atoms with Gasteiger partial charge in [0.25, 0.3) is 6.08 Å². The Bertz CT molecular complexity index is 1170. The van der Waals surface area contributed by atoms with Gasteiger partial charge < -0.3 is 10.8 Å². The number of carboxylic acids is 1. The predicted molar refractivity (Wildman–Crippen MR) is 107 cm³/mol. The predicted octanol–water partition coefficient (Wildman–Crippen LogP) is 2.18. The first kappa shape index (κ1) is 25.9. The summed E-state index contributed by atoms with van der Waals surface area (Å²) in [5, 5.41) is 18.8. The van der Waals surface area contributed by atoms with Crippen LogP contribution in [0.1, 0.15) is 11.8 Å². The van der Waals surface area contributed by atoms with Gasteiger partial charge in [-0.25, -0.2) is 9.59 Å². The van der Waals surface area contributed by atoms with Crippen LogP contribution in [0.2, 0.25) is 0 Å². The van der Waals surface area contributed by atoms with E-state index in [-0.39, 0.29) is 25.2 Å². The van der Waals surface area contributed by atoms with E-state index in [0.717, 1.165) is 31.2 Å². The second-order valence-corrected chi connectivity index (χ2v) is 7.47. The summed E-state index contributed by atoms with van der Waals surface area (Å²) in [6.45, 7) is 2.29. The number of thiophene rings is 1. The molecule has 3 aromatic heterocycles. The second kappa shape index (κ2) is 11.0. The number of rotatable bonds is 7. The molecule has 0 fully saturated rings. The Kier molecular flexibility index (Phi) is 8.58. The number of halogens is 5. The van der Waals surface area contributed by atoms with Crippen molar-refractivity contribution in [3.05, 3.63) is 51.5 Å². The van der Waals surface area contributed by atoms with Crippen molar-refractivity contribution in [2.75, 3.05) is 6.54 Å². The maximum atomic E-state index is 12.7. The van der Waals surface area contributed by atoms with E-state index in [9.17, 15) is 26.7 Å². The largest absolute Gasteiger partial charge is 0.490 e. The van der Waals surface area contributed by atoms with Gasteiger partial charge in [-0.2, -0.15) is 36.4 Å². The summed E-state index contributed by atoms with van der Waals surface area (Å²) < 4.78 is 60.9. The third kappa shape index (κ3) is 7.04. The van der Waals surface area contributed by atoms with Crippen LogP contribution in [-0.4, -0.2) is 53.4 Å². The van der Waals surface area contributed by atoms with Crippen LogP contribution in [0.5, 0.6) is 0 Å². The van der Waals surface area contributed by atoms with Gasteiger partial charge in [0.2, 0.25) is 0 Å². The van der Waals surface area contributed by atoms with Gasteiger partial charge in [0, 0.05) is 40.2 Å². The standard InChI is InChI=1S/C15H17F2N7OS.C2HF3O2/c1-2-22-7-11(6-19-22)13-4-3-12(26-13)9-24-15(25)23(20-21-24)8-10(5-18)14(16)17;3-2(4,5)1(6)7/h3-4,6-7H,2,5,8-9,18H2,1H3;(H,6,7). The lowest BCUT2D eigenvalue weighted by molar-refractivity contribution is -0.192. The van der Waals surface area contributed by atoms with E-state index in [1.54, 1.807) is 6.20 Å². The number of carboxylic acid groups (broad SMARTS) is 1. The number of nitrogens with zero attached hydrogens (tertiary/aromatic N) is 6. The molecule has 0 aliphatic rings. The molecule has 0 atom stereocenters. The number of carbonyl (C=O) groups is 1. The lowest BCUT2D eigenvalue weighted by Crippen LogP contribution is -2.27. The molecule has 3 aromatic rings. The van der Waals surface area contributed by atoms with Gasteiger partial charge in [-0.05, 0) is 29.5 Å². The van der Waals surface area contributed by atoms with Crippen molar-refractivity contribution in [2.45, 2.75) is 32.7 Å². The number of aromatic nitrogens is 6. The molecule has 0 unspecified atom stereocenters. The molecule has 0 bridgehead atoms. The molecule has 3 rings (SSSR count). The summed E-state index contributed by atoms with van der Waals surface area (Å²) in [5.41, 5.74) is 5.35. The number of hydrogen-bond donors (Lipinski definition) is 2. The number of alkyl halides is 3. The van der Waals surface area contributed by atoms with E-state index in [1.807, 2.05) is 29.9 Å². The molecule has 0 saturated carbocycles. The second-order valence-electron chi connectivity index (χ2n) is 6.30. The van der Waals surface area contributed by atoms with Crippen LogP contribution in [-0.2, 0) is 24.4 Å². The fourth-order valence-corrected chi connectivity index (χ4v) is 3.28. The highest BCUT2D eigenvalue weighted by molar-refractivity contribution is 7.15. The third-order valence-corrected chi connectivity index (χ3v) is 5.12. The van der Waals surface area contributed by atoms with E-state index in [1.165, 1.54) is 11.3 Å². The Hall–Kier alpha value is -3.40. The lowest BCUT2D eigenvalue weighted by atomic mass is 10.3. The molecular formula is C17H18F5N7O3S. The van der Waals surface area contributed by atoms with Crippen LogP contribution < -0.4 is 11.4 Å².